The Morgan fingerprint density at radius 1 is 0.964 bits per heavy atom. The number of aryl methyl sites for hydroxylation is 1. The van der Waals surface area contributed by atoms with Crippen LogP contribution >= 0.6 is 0 Å². The fraction of sp³-hybridized carbons (Fsp3) is 0.100. The SMILES string of the molecule is CNS(=O)(=O)c1ccc2c(-c3ccncc3)c(-c3ccc(F)cc3)n(C)c2n1. The highest BCUT2D eigenvalue weighted by Crippen LogP contribution is 2.39. The highest BCUT2D eigenvalue weighted by atomic mass is 32.2. The van der Waals surface area contributed by atoms with Gasteiger partial charge in [-0.1, -0.05) is 0 Å². The van der Waals surface area contributed by atoms with Crippen molar-refractivity contribution in [2.24, 2.45) is 7.05 Å². The Hall–Kier alpha value is -3.10. The molecular formula is C20H17FN4O2S. The summed E-state index contributed by atoms with van der Waals surface area (Å²) in [4.78, 5) is 8.46. The molecule has 0 spiro atoms. The zero-order valence-corrected chi connectivity index (χ0v) is 16.0. The number of rotatable bonds is 4. The van der Waals surface area contributed by atoms with E-state index in [0.717, 1.165) is 27.8 Å². The van der Waals surface area contributed by atoms with E-state index in [4.69, 9.17) is 0 Å². The zero-order chi connectivity index (χ0) is 19.9. The molecule has 4 rings (SSSR count). The lowest BCUT2D eigenvalue weighted by Crippen LogP contribution is -2.19. The van der Waals surface area contributed by atoms with Crippen molar-refractivity contribution in [2.45, 2.75) is 5.03 Å². The van der Waals surface area contributed by atoms with Crippen LogP contribution in [0.25, 0.3) is 33.4 Å². The van der Waals surface area contributed by atoms with Crippen LogP contribution in [0.1, 0.15) is 0 Å². The molecule has 142 valence electrons. The topological polar surface area (TPSA) is 76.9 Å². The first-order valence-electron chi connectivity index (χ1n) is 8.51. The summed E-state index contributed by atoms with van der Waals surface area (Å²) in [5.41, 5.74) is 3.92. The molecule has 3 heterocycles. The van der Waals surface area contributed by atoms with E-state index in [1.165, 1.54) is 25.2 Å². The number of nitrogens with one attached hydrogen (secondary N) is 1. The molecule has 0 saturated carbocycles. The van der Waals surface area contributed by atoms with Gasteiger partial charge in [-0.3, -0.25) is 4.98 Å². The van der Waals surface area contributed by atoms with Gasteiger partial charge in [-0.2, -0.15) is 0 Å². The molecule has 4 aromatic rings. The van der Waals surface area contributed by atoms with E-state index in [2.05, 4.69) is 14.7 Å². The van der Waals surface area contributed by atoms with Gasteiger partial charge in [-0.05, 0) is 66.7 Å². The number of fused-ring (bicyclic) bond motifs is 1. The van der Waals surface area contributed by atoms with E-state index in [1.807, 2.05) is 23.7 Å². The quantitative estimate of drug-likeness (QED) is 0.574. The maximum Gasteiger partial charge on any atom is 0.257 e. The number of halogens is 1. The lowest BCUT2D eigenvalue weighted by atomic mass is 10.00. The maximum atomic E-state index is 13.5. The Morgan fingerprint density at radius 3 is 2.29 bits per heavy atom. The van der Waals surface area contributed by atoms with E-state index in [-0.39, 0.29) is 10.8 Å². The zero-order valence-electron chi connectivity index (χ0n) is 15.2. The highest BCUT2D eigenvalue weighted by molar-refractivity contribution is 7.89. The van der Waals surface area contributed by atoms with Crippen LogP contribution in [0.15, 0.2) is 66.0 Å². The first kappa shape index (κ1) is 18.3. The molecule has 0 unspecified atom stereocenters. The summed E-state index contributed by atoms with van der Waals surface area (Å²) in [6, 6.07) is 13.2. The van der Waals surface area contributed by atoms with Crippen molar-refractivity contribution in [1.82, 2.24) is 19.3 Å². The second-order valence-electron chi connectivity index (χ2n) is 6.25. The van der Waals surface area contributed by atoms with E-state index < -0.39 is 10.0 Å². The normalized spacial score (nSPS) is 11.8. The number of nitrogens with zero attached hydrogens (tertiary/aromatic N) is 3. The predicted molar refractivity (Wildman–Crippen MR) is 106 cm³/mol. The van der Waals surface area contributed by atoms with Crippen LogP contribution in [-0.4, -0.2) is 30.0 Å². The number of hydrogen-bond acceptors (Lipinski definition) is 4. The van der Waals surface area contributed by atoms with Gasteiger partial charge in [0.2, 0.25) is 0 Å². The Labute approximate surface area is 161 Å². The largest absolute Gasteiger partial charge is 0.328 e. The molecule has 8 heteroatoms. The first-order chi connectivity index (χ1) is 13.4. The molecule has 1 aromatic carbocycles. The van der Waals surface area contributed by atoms with Gasteiger partial charge in [-0.25, -0.2) is 22.5 Å². The lowest BCUT2D eigenvalue weighted by Gasteiger charge is -2.08. The van der Waals surface area contributed by atoms with Crippen molar-refractivity contribution < 1.29 is 12.8 Å². The average molecular weight is 396 g/mol. The molecule has 0 saturated heterocycles. The number of benzene rings is 1. The summed E-state index contributed by atoms with van der Waals surface area (Å²) >= 11 is 0. The van der Waals surface area contributed by atoms with Crippen molar-refractivity contribution in [1.29, 1.82) is 0 Å². The van der Waals surface area contributed by atoms with Gasteiger partial charge >= 0.3 is 0 Å². The minimum atomic E-state index is -3.68. The number of pyridine rings is 2. The van der Waals surface area contributed by atoms with Gasteiger partial charge in [0.15, 0.2) is 5.03 Å². The maximum absolute atomic E-state index is 13.5. The van der Waals surface area contributed by atoms with Gasteiger partial charge in [0.05, 0.1) is 5.69 Å². The van der Waals surface area contributed by atoms with Crippen molar-refractivity contribution in [3.63, 3.8) is 0 Å². The summed E-state index contributed by atoms with van der Waals surface area (Å²) in [5.74, 6) is -0.325. The third kappa shape index (κ3) is 2.96. The predicted octanol–water partition coefficient (Wildman–Crippen LogP) is 3.35. The highest BCUT2D eigenvalue weighted by Gasteiger charge is 2.22. The van der Waals surface area contributed by atoms with Crippen molar-refractivity contribution in [3.05, 3.63) is 66.7 Å². The Morgan fingerprint density at radius 2 is 1.64 bits per heavy atom. The van der Waals surface area contributed by atoms with Crippen molar-refractivity contribution >= 4 is 21.1 Å². The van der Waals surface area contributed by atoms with Gasteiger partial charge in [0, 0.05) is 30.4 Å². The van der Waals surface area contributed by atoms with Crippen molar-refractivity contribution in [2.75, 3.05) is 7.05 Å². The van der Waals surface area contributed by atoms with E-state index in [0.29, 0.717) is 5.65 Å². The van der Waals surface area contributed by atoms with Crippen LogP contribution in [0.4, 0.5) is 4.39 Å². The molecule has 0 amide bonds. The Balaban J connectivity index is 2.09. The summed E-state index contributed by atoms with van der Waals surface area (Å²) in [5, 5.41) is 0.734. The third-order valence-electron chi connectivity index (χ3n) is 4.64. The van der Waals surface area contributed by atoms with Crippen LogP contribution in [0.2, 0.25) is 0 Å². The van der Waals surface area contributed by atoms with Gasteiger partial charge in [0.1, 0.15) is 11.5 Å². The number of sulfonamides is 1. The minimum absolute atomic E-state index is 0.0602. The summed E-state index contributed by atoms with van der Waals surface area (Å²) in [6.07, 6.45) is 3.38. The molecule has 0 bridgehead atoms. The molecule has 6 nitrogen and oxygen atoms in total. The molecule has 0 aliphatic heterocycles. The molecule has 0 aliphatic rings. The van der Waals surface area contributed by atoms with Gasteiger partial charge in [-0.15, -0.1) is 0 Å². The molecule has 0 radical (unpaired) electrons. The molecule has 3 aromatic heterocycles. The van der Waals surface area contributed by atoms with Crippen LogP contribution in [0.3, 0.4) is 0 Å². The van der Waals surface area contributed by atoms with Crippen LogP contribution in [0.5, 0.6) is 0 Å². The van der Waals surface area contributed by atoms with Crippen LogP contribution in [0, 0.1) is 5.82 Å². The summed E-state index contributed by atoms with van der Waals surface area (Å²) < 4.78 is 41.9. The molecule has 28 heavy (non-hydrogen) atoms. The first-order valence-corrected chi connectivity index (χ1v) is 10.00. The summed E-state index contributed by atoms with van der Waals surface area (Å²) in [6.45, 7) is 0. The molecule has 1 N–H and O–H groups in total. The number of hydrogen-bond donors (Lipinski definition) is 1. The Kier molecular flexibility index (Phi) is 4.44. The average Bonchev–Trinajstić information content (AvgIpc) is 3.01. The van der Waals surface area contributed by atoms with E-state index in [9.17, 15) is 12.8 Å². The smallest absolute Gasteiger partial charge is 0.257 e. The van der Waals surface area contributed by atoms with Crippen LogP contribution < -0.4 is 4.72 Å². The standard InChI is InChI=1S/C20H17FN4O2S/c1-22-28(26,27)17-8-7-16-18(13-9-11-23-12-10-13)19(25(2)20(16)24-17)14-3-5-15(21)6-4-14/h3-12,22H,1-2H3. The van der Waals surface area contributed by atoms with E-state index >= 15 is 0 Å². The monoisotopic (exact) mass is 396 g/mol. The molecular weight excluding hydrogens is 379 g/mol. The Bertz CT molecular complexity index is 1270. The van der Waals surface area contributed by atoms with Gasteiger partial charge in [0.25, 0.3) is 10.0 Å². The molecule has 0 fully saturated rings. The fourth-order valence-electron chi connectivity index (χ4n) is 3.29. The summed E-state index contributed by atoms with van der Waals surface area (Å²) in [7, 11) is -0.519. The second kappa shape index (κ2) is 6.81. The minimum Gasteiger partial charge on any atom is -0.328 e. The van der Waals surface area contributed by atoms with Crippen LogP contribution in [-0.2, 0) is 17.1 Å². The molecule has 0 aliphatic carbocycles. The van der Waals surface area contributed by atoms with E-state index in [1.54, 1.807) is 30.6 Å². The van der Waals surface area contributed by atoms with Gasteiger partial charge < -0.3 is 4.57 Å². The second-order valence-corrected chi connectivity index (χ2v) is 8.09. The third-order valence-corrected chi connectivity index (χ3v) is 5.96. The number of aromatic nitrogens is 3. The van der Waals surface area contributed by atoms with Crippen molar-refractivity contribution in [3.8, 4) is 22.4 Å². The fourth-order valence-corrected chi connectivity index (χ4v) is 3.96. The molecule has 0 atom stereocenters. The lowest BCUT2D eigenvalue weighted by molar-refractivity contribution is 0.584.